The molecular weight excluding hydrogens is 388 g/mol. The maximum Gasteiger partial charge on any atom is 0.255 e. The molecular formula is C26H28N2OS. The minimum Gasteiger partial charge on any atom is -0.322 e. The number of piperidine rings is 1. The van der Waals surface area contributed by atoms with E-state index in [-0.39, 0.29) is 5.91 Å². The number of anilines is 1. The van der Waals surface area contributed by atoms with Gasteiger partial charge in [0.25, 0.3) is 5.91 Å². The quantitative estimate of drug-likeness (QED) is 0.464. The molecule has 3 aromatic carbocycles. The Morgan fingerprint density at radius 1 is 0.800 bits per heavy atom. The molecule has 0 aliphatic carbocycles. The smallest absolute Gasteiger partial charge is 0.255 e. The highest BCUT2D eigenvalue weighted by atomic mass is 32.2. The molecule has 0 spiro atoms. The highest BCUT2D eigenvalue weighted by Crippen LogP contribution is 2.23. The molecule has 30 heavy (non-hydrogen) atoms. The number of nitrogens with one attached hydrogen (secondary N) is 1. The van der Waals surface area contributed by atoms with Gasteiger partial charge in [0.1, 0.15) is 0 Å². The molecule has 3 aromatic rings. The van der Waals surface area contributed by atoms with Gasteiger partial charge in [-0.05, 0) is 73.5 Å². The zero-order chi connectivity index (χ0) is 20.6. The second kappa shape index (κ2) is 10.5. The zero-order valence-corrected chi connectivity index (χ0v) is 18.0. The van der Waals surface area contributed by atoms with E-state index in [4.69, 9.17) is 0 Å². The number of nitrogens with zero attached hydrogens (tertiary/aromatic N) is 1. The fraction of sp³-hybridized carbons (Fsp3) is 0.269. The maximum atomic E-state index is 12.6. The number of carbonyl (C=O) groups excluding carboxylic acids is 1. The summed E-state index contributed by atoms with van der Waals surface area (Å²) in [5, 5.41) is 3.00. The first-order chi connectivity index (χ1) is 14.8. The molecule has 1 aliphatic rings. The van der Waals surface area contributed by atoms with Gasteiger partial charge in [0.15, 0.2) is 0 Å². The Bertz CT molecular complexity index is 933. The molecule has 154 valence electrons. The lowest BCUT2D eigenvalue weighted by Crippen LogP contribution is -2.29. The first-order valence-electron chi connectivity index (χ1n) is 10.7. The molecule has 1 aliphatic heterocycles. The predicted octanol–water partition coefficient (Wildman–Crippen LogP) is 6.22. The lowest BCUT2D eigenvalue weighted by atomic mass is 10.1. The van der Waals surface area contributed by atoms with Gasteiger partial charge in [-0.2, -0.15) is 0 Å². The van der Waals surface area contributed by atoms with Gasteiger partial charge in [-0.3, -0.25) is 9.69 Å². The number of benzene rings is 3. The highest BCUT2D eigenvalue weighted by Gasteiger charge is 2.11. The SMILES string of the molecule is O=C(Nc1ccc(CSc2ccccc2)cc1)c1ccc(CN2CCCCC2)cc1. The molecule has 0 aromatic heterocycles. The maximum absolute atomic E-state index is 12.6. The average molecular weight is 417 g/mol. The van der Waals surface area contributed by atoms with Gasteiger partial charge in [-0.1, -0.05) is 48.9 Å². The van der Waals surface area contributed by atoms with Gasteiger partial charge in [0, 0.05) is 28.4 Å². The minimum absolute atomic E-state index is 0.0640. The average Bonchev–Trinajstić information content (AvgIpc) is 2.80. The van der Waals surface area contributed by atoms with Crippen molar-refractivity contribution in [2.75, 3.05) is 18.4 Å². The van der Waals surface area contributed by atoms with Crippen LogP contribution in [0.1, 0.15) is 40.7 Å². The molecule has 1 N–H and O–H groups in total. The van der Waals surface area contributed by atoms with Crippen molar-refractivity contribution in [1.82, 2.24) is 4.90 Å². The van der Waals surface area contributed by atoms with Gasteiger partial charge in [0.2, 0.25) is 0 Å². The standard InChI is InChI=1S/C26H28N2OS/c29-26(23-13-9-21(10-14-23)19-28-17-5-2-6-18-28)27-24-15-11-22(12-16-24)20-30-25-7-3-1-4-8-25/h1,3-4,7-16H,2,5-6,17-20H2,(H,27,29). The third kappa shape index (κ3) is 5.97. The molecule has 1 amide bonds. The van der Waals surface area contributed by atoms with E-state index in [0.717, 1.165) is 18.0 Å². The molecule has 0 unspecified atom stereocenters. The van der Waals surface area contributed by atoms with Crippen molar-refractivity contribution in [2.45, 2.75) is 36.5 Å². The van der Waals surface area contributed by atoms with Crippen LogP contribution in [-0.2, 0) is 12.3 Å². The molecule has 4 heteroatoms. The predicted molar refractivity (Wildman–Crippen MR) is 126 cm³/mol. The number of rotatable bonds is 7. The normalized spacial score (nSPS) is 14.4. The molecule has 0 saturated carbocycles. The van der Waals surface area contributed by atoms with E-state index in [1.54, 1.807) is 0 Å². The van der Waals surface area contributed by atoms with Crippen molar-refractivity contribution in [2.24, 2.45) is 0 Å². The Labute approximate surface area is 183 Å². The Hall–Kier alpha value is -2.56. The number of likely N-dealkylation sites (tertiary alicyclic amines) is 1. The van der Waals surface area contributed by atoms with E-state index in [9.17, 15) is 4.79 Å². The van der Waals surface area contributed by atoms with Crippen LogP contribution in [0.4, 0.5) is 5.69 Å². The fourth-order valence-corrected chi connectivity index (χ4v) is 4.58. The van der Waals surface area contributed by atoms with Crippen molar-refractivity contribution in [3.05, 3.63) is 95.6 Å². The first kappa shape index (κ1) is 20.7. The number of hydrogen-bond donors (Lipinski definition) is 1. The lowest BCUT2D eigenvalue weighted by Gasteiger charge is -2.26. The van der Waals surface area contributed by atoms with Gasteiger partial charge in [-0.25, -0.2) is 0 Å². The molecule has 0 radical (unpaired) electrons. The Kier molecular flexibility index (Phi) is 7.22. The van der Waals surface area contributed by atoms with E-state index in [0.29, 0.717) is 5.56 Å². The molecule has 1 saturated heterocycles. The van der Waals surface area contributed by atoms with Crippen molar-refractivity contribution in [3.8, 4) is 0 Å². The summed E-state index contributed by atoms with van der Waals surface area (Å²) in [4.78, 5) is 16.3. The number of thioether (sulfide) groups is 1. The summed E-state index contributed by atoms with van der Waals surface area (Å²) < 4.78 is 0. The Morgan fingerprint density at radius 3 is 2.17 bits per heavy atom. The largest absolute Gasteiger partial charge is 0.322 e. The van der Waals surface area contributed by atoms with Crippen LogP contribution in [0.5, 0.6) is 0 Å². The van der Waals surface area contributed by atoms with Crippen molar-refractivity contribution < 1.29 is 4.79 Å². The van der Waals surface area contributed by atoms with E-state index < -0.39 is 0 Å². The second-order valence-electron chi connectivity index (χ2n) is 7.79. The van der Waals surface area contributed by atoms with Gasteiger partial charge in [-0.15, -0.1) is 11.8 Å². The summed E-state index contributed by atoms with van der Waals surface area (Å²) in [5.74, 6) is 0.849. The lowest BCUT2D eigenvalue weighted by molar-refractivity contribution is 0.102. The monoisotopic (exact) mass is 416 g/mol. The topological polar surface area (TPSA) is 32.3 Å². The van der Waals surface area contributed by atoms with Crippen LogP contribution in [0.3, 0.4) is 0 Å². The van der Waals surface area contributed by atoms with Crippen LogP contribution in [0.25, 0.3) is 0 Å². The van der Waals surface area contributed by atoms with Gasteiger partial charge >= 0.3 is 0 Å². The van der Waals surface area contributed by atoms with E-state index in [2.05, 4.69) is 58.7 Å². The van der Waals surface area contributed by atoms with Crippen LogP contribution in [0, 0.1) is 0 Å². The molecule has 4 rings (SSSR count). The van der Waals surface area contributed by atoms with Gasteiger partial charge in [0.05, 0.1) is 0 Å². The summed E-state index contributed by atoms with van der Waals surface area (Å²) in [7, 11) is 0. The third-order valence-electron chi connectivity index (χ3n) is 5.43. The summed E-state index contributed by atoms with van der Waals surface area (Å²) >= 11 is 1.81. The van der Waals surface area contributed by atoms with Crippen LogP contribution < -0.4 is 5.32 Å². The summed E-state index contributed by atoms with van der Waals surface area (Å²) in [6.07, 6.45) is 3.94. The van der Waals surface area contributed by atoms with E-state index in [1.165, 1.54) is 48.4 Å². The molecule has 1 heterocycles. The summed E-state index contributed by atoms with van der Waals surface area (Å²) in [6.45, 7) is 3.34. The van der Waals surface area contributed by atoms with Crippen LogP contribution >= 0.6 is 11.8 Å². The van der Waals surface area contributed by atoms with E-state index >= 15 is 0 Å². The summed E-state index contributed by atoms with van der Waals surface area (Å²) in [5.41, 5.74) is 4.03. The van der Waals surface area contributed by atoms with Crippen molar-refractivity contribution in [1.29, 1.82) is 0 Å². The zero-order valence-electron chi connectivity index (χ0n) is 17.2. The van der Waals surface area contributed by atoms with Crippen LogP contribution in [0.15, 0.2) is 83.8 Å². The van der Waals surface area contributed by atoms with Crippen molar-refractivity contribution in [3.63, 3.8) is 0 Å². The Morgan fingerprint density at radius 2 is 1.47 bits per heavy atom. The summed E-state index contributed by atoms with van der Waals surface area (Å²) in [6, 6.07) is 26.5. The van der Waals surface area contributed by atoms with Crippen LogP contribution in [-0.4, -0.2) is 23.9 Å². The highest BCUT2D eigenvalue weighted by molar-refractivity contribution is 7.98. The molecule has 0 bridgehead atoms. The molecule has 3 nitrogen and oxygen atoms in total. The number of carbonyl (C=O) groups is 1. The van der Waals surface area contributed by atoms with Crippen molar-refractivity contribution >= 4 is 23.4 Å². The molecule has 0 atom stereocenters. The first-order valence-corrected chi connectivity index (χ1v) is 11.6. The third-order valence-corrected chi connectivity index (χ3v) is 6.51. The number of hydrogen-bond acceptors (Lipinski definition) is 3. The second-order valence-corrected chi connectivity index (χ2v) is 8.84. The number of amides is 1. The fourth-order valence-electron chi connectivity index (χ4n) is 3.71. The minimum atomic E-state index is -0.0640. The van der Waals surface area contributed by atoms with Crippen LogP contribution in [0.2, 0.25) is 0 Å². The molecule has 1 fully saturated rings. The van der Waals surface area contributed by atoms with Gasteiger partial charge < -0.3 is 5.32 Å². The Balaban J connectivity index is 1.28. The van der Waals surface area contributed by atoms with E-state index in [1.807, 2.05) is 42.1 Å².